The summed E-state index contributed by atoms with van der Waals surface area (Å²) >= 11 is 0. The normalized spacial score (nSPS) is 15.8. The van der Waals surface area contributed by atoms with E-state index in [1.807, 2.05) is 12.1 Å². The highest BCUT2D eigenvalue weighted by molar-refractivity contribution is 5.99. The number of hydrogen-bond donors (Lipinski definition) is 2. The maximum absolute atomic E-state index is 11.7. The van der Waals surface area contributed by atoms with Gasteiger partial charge in [0, 0.05) is 24.0 Å². The highest BCUT2D eigenvalue weighted by Crippen LogP contribution is 2.32. The smallest absolute Gasteiger partial charge is 0.250 e. The largest absolute Gasteiger partial charge is 0.399 e. The summed E-state index contributed by atoms with van der Waals surface area (Å²) in [6, 6.07) is 6.00. The van der Waals surface area contributed by atoms with Crippen LogP contribution < -0.4 is 16.4 Å². The van der Waals surface area contributed by atoms with Gasteiger partial charge >= 0.3 is 0 Å². The molecule has 0 bridgehead atoms. The lowest BCUT2D eigenvalue weighted by Gasteiger charge is -2.34. The van der Waals surface area contributed by atoms with Crippen LogP contribution in [0, 0.1) is 5.92 Å². The molecule has 1 aromatic carbocycles. The predicted molar refractivity (Wildman–Crippen MR) is 83.8 cm³/mol. The first-order valence-corrected chi connectivity index (χ1v) is 7.45. The summed E-state index contributed by atoms with van der Waals surface area (Å²) in [6.45, 7) is 5.33. The first-order chi connectivity index (χ1) is 9.49. The third kappa shape index (κ3) is 3.24. The molecule has 4 heteroatoms. The van der Waals surface area contributed by atoms with Crippen molar-refractivity contribution in [2.75, 3.05) is 17.2 Å². The highest BCUT2D eigenvalue weighted by atomic mass is 16.1. The van der Waals surface area contributed by atoms with Crippen molar-refractivity contribution in [1.29, 1.82) is 0 Å². The van der Waals surface area contributed by atoms with Gasteiger partial charge in [0.2, 0.25) is 0 Å². The van der Waals surface area contributed by atoms with Gasteiger partial charge in [-0.25, -0.2) is 0 Å². The van der Waals surface area contributed by atoms with E-state index in [0.29, 0.717) is 23.2 Å². The molecule has 0 aromatic heterocycles. The summed E-state index contributed by atoms with van der Waals surface area (Å²) in [7, 11) is 0. The summed E-state index contributed by atoms with van der Waals surface area (Å²) in [6.07, 6.45) is 4.91. The molecular formula is C16H25N3O. The van der Waals surface area contributed by atoms with Gasteiger partial charge in [0.1, 0.15) is 0 Å². The first kappa shape index (κ1) is 14.7. The number of primary amides is 1. The minimum atomic E-state index is -0.404. The number of benzene rings is 1. The maximum Gasteiger partial charge on any atom is 0.250 e. The van der Waals surface area contributed by atoms with Crippen LogP contribution in [-0.4, -0.2) is 18.5 Å². The molecule has 0 heterocycles. The summed E-state index contributed by atoms with van der Waals surface area (Å²) in [4.78, 5) is 14.1. The van der Waals surface area contributed by atoms with Crippen LogP contribution in [0.3, 0.4) is 0 Å². The van der Waals surface area contributed by atoms with Crippen molar-refractivity contribution < 1.29 is 4.79 Å². The summed E-state index contributed by atoms with van der Waals surface area (Å²) in [5, 5.41) is 0. The quantitative estimate of drug-likeness (QED) is 0.812. The number of amides is 1. The maximum atomic E-state index is 11.7. The molecule has 0 radical (unpaired) electrons. The fourth-order valence-corrected chi connectivity index (χ4v) is 3.05. The molecule has 4 N–H and O–H groups in total. The average molecular weight is 275 g/mol. The third-order valence-corrected chi connectivity index (χ3v) is 3.92. The Kier molecular flexibility index (Phi) is 4.53. The standard InChI is InChI=1S/C16H25N3O/c1-11(2)10-19(13-5-3-4-6-13)15-8-7-12(17)9-14(15)16(18)20/h7-9,11,13H,3-6,10,17H2,1-2H3,(H2,18,20). The molecule has 0 spiro atoms. The van der Waals surface area contributed by atoms with E-state index in [0.717, 1.165) is 12.2 Å². The van der Waals surface area contributed by atoms with Gasteiger partial charge in [-0.1, -0.05) is 26.7 Å². The van der Waals surface area contributed by atoms with Crippen LogP contribution in [0.2, 0.25) is 0 Å². The van der Waals surface area contributed by atoms with E-state index >= 15 is 0 Å². The minimum Gasteiger partial charge on any atom is -0.399 e. The summed E-state index contributed by atoms with van der Waals surface area (Å²) in [5.74, 6) is 0.132. The second kappa shape index (κ2) is 6.16. The van der Waals surface area contributed by atoms with Gasteiger partial charge in [-0.05, 0) is 37.0 Å². The third-order valence-electron chi connectivity index (χ3n) is 3.92. The average Bonchev–Trinajstić information content (AvgIpc) is 2.89. The van der Waals surface area contributed by atoms with E-state index in [1.54, 1.807) is 6.07 Å². The Balaban J connectivity index is 2.39. The molecule has 0 atom stereocenters. The van der Waals surface area contributed by atoms with Crippen LogP contribution in [0.4, 0.5) is 11.4 Å². The number of nitrogens with two attached hydrogens (primary N) is 2. The number of hydrogen-bond acceptors (Lipinski definition) is 3. The van der Waals surface area contributed by atoms with E-state index in [-0.39, 0.29) is 0 Å². The SMILES string of the molecule is CC(C)CN(c1ccc(N)cc1C(N)=O)C1CCCC1. The second-order valence-corrected chi connectivity index (χ2v) is 6.13. The molecule has 1 amide bonds. The molecule has 1 fully saturated rings. The van der Waals surface area contributed by atoms with Crippen LogP contribution in [0.5, 0.6) is 0 Å². The lowest BCUT2D eigenvalue weighted by Crippen LogP contribution is -2.37. The van der Waals surface area contributed by atoms with Crippen molar-refractivity contribution in [3.05, 3.63) is 23.8 Å². The van der Waals surface area contributed by atoms with E-state index in [4.69, 9.17) is 11.5 Å². The fraction of sp³-hybridized carbons (Fsp3) is 0.562. The Bertz CT molecular complexity index is 479. The molecule has 0 aliphatic heterocycles. The fourth-order valence-electron chi connectivity index (χ4n) is 3.05. The lowest BCUT2D eigenvalue weighted by molar-refractivity contribution is 0.100. The van der Waals surface area contributed by atoms with E-state index in [2.05, 4.69) is 18.7 Å². The van der Waals surface area contributed by atoms with E-state index in [9.17, 15) is 4.79 Å². The van der Waals surface area contributed by atoms with E-state index in [1.165, 1.54) is 25.7 Å². The topological polar surface area (TPSA) is 72.3 Å². The lowest BCUT2D eigenvalue weighted by atomic mass is 10.0. The Morgan fingerprint density at radius 2 is 2.00 bits per heavy atom. The zero-order chi connectivity index (χ0) is 14.7. The van der Waals surface area contributed by atoms with Gasteiger partial charge in [0.25, 0.3) is 5.91 Å². The molecule has 0 unspecified atom stereocenters. The number of carbonyl (C=O) groups excluding carboxylic acids is 1. The minimum absolute atomic E-state index is 0.404. The van der Waals surface area contributed by atoms with Gasteiger partial charge in [-0.2, -0.15) is 0 Å². The van der Waals surface area contributed by atoms with Crippen LogP contribution in [0.15, 0.2) is 18.2 Å². The van der Waals surface area contributed by atoms with Gasteiger partial charge < -0.3 is 16.4 Å². The Hall–Kier alpha value is -1.71. The molecule has 1 aromatic rings. The number of nitrogens with zero attached hydrogens (tertiary/aromatic N) is 1. The molecule has 1 aliphatic carbocycles. The van der Waals surface area contributed by atoms with Crippen LogP contribution in [-0.2, 0) is 0 Å². The highest BCUT2D eigenvalue weighted by Gasteiger charge is 2.26. The number of nitrogen functional groups attached to an aromatic ring is 1. The van der Waals surface area contributed by atoms with Crippen molar-refractivity contribution >= 4 is 17.3 Å². The molecule has 1 saturated carbocycles. The Morgan fingerprint density at radius 1 is 1.35 bits per heavy atom. The number of anilines is 2. The summed E-state index contributed by atoms with van der Waals surface area (Å²) in [5.41, 5.74) is 13.4. The predicted octanol–water partition coefficient (Wildman–Crippen LogP) is 2.77. The van der Waals surface area contributed by atoms with Gasteiger partial charge in [0.15, 0.2) is 0 Å². The molecule has 2 rings (SSSR count). The Morgan fingerprint density at radius 3 is 2.55 bits per heavy atom. The van der Waals surface area contributed by atoms with Crippen molar-refractivity contribution in [2.24, 2.45) is 11.7 Å². The monoisotopic (exact) mass is 275 g/mol. The second-order valence-electron chi connectivity index (χ2n) is 6.13. The molecule has 110 valence electrons. The number of rotatable bonds is 5. The summed E-state index contributed by atoms with van der Waals surface area (Å²) < 4.78 is 0. The van der Waals surface area contributed by atoms with Crippen molar-refractivity contribution in [3.8, 4) is 0 Å². The molecule has 4 nitrogen and oxygen atoms in total. The van der Waals surface area contributed by atoms with Crippen molar-refractivity contribution in [3.63, 3.8) is 0 Å². The van der Waals surface area contributed by atoms with E-state index < -0.39 is 5.91 Å². The number of carbonyl (C=O) groups is 1. The Labute approximate surface area is 121 Å². The molecule has 0 saturated heterocycles. The van der Waals surface area contributed by atoms with Crippen LogP contribution in [0.1, 0.15) is 49.9 Å². The van der Waals surface area contributed by atoms with Crippen molar-refractivity contribution in [2.45, 2.75) is 45.6 Å². The zero-order valence-corrected chi connectivity index (χ0v) is 12.4. The molecular weight excluding hydrogens is 250 g/mol. The molecule has 20 heavy (non-hydrogen) atoms. The van der Waals surface area contributed by atoms with Crippen LogP contribution in [0.25, 0.3) is 0 Å². The first-order valence-electron chi connectivity index (χ1n) is 7.45. The van der Waals surface area contributed by atoms with Gasteiger partial charge in [-0.15, -0.1) is 0 Å². The molecule has 1 aliphatic rings. The van der Waals surface area contributed by atoms with Gasteiger partial charge in [-0.3, -0.25) is 4.79 Å². The zero-order valence-electron chi connectivity index (χ0n) is 12.4. The van der Waals surface area contributed by atoms with Crippen LogP contribution >= 0.6 is 0 Å². The van der Waals surface area contributed by atoms with Gasteiger partial charge in [0.05, 0.1) is 5.56 Å². The van der Waals surface area contributed by atoms with Crippen molar-refractivity contribution in [1.82, 2.24) is 0 Å².